The summed E-state index contributed by atoms with van der Waals surface area (Å²) >= 11 is 0. The molecule has 0 amide bonds. The van der Waals surface area contributed by atoms with Gasteiger partial charge in [0.1, 0.15) is 11.9 Å². The molecule has 0 bridgehead atoms. The fraction of sp³-hybridized carbons (Fsp3) is 0.500. The second-order valence-electron chi connectivity index (χ2n) is 8.21. The molecule has 5 rings (SSSR count). The van der Waals surface area contributed by atoms with Gasteiger partial charge in [-0.3, -0.25) is 4.98 Å². The smallest absolute Gasteiger partial charge is 0.434 e. The zero-order valence-corrected chi connectivity index (χ0v) is 17.5. The summed E-state index contributed by atoms with van der Waals surface area (Å²) in [5.74, 6) is 1.38. The van der Waals surface area contributed by atoms with Gasteiger partial charge in [-0.05, 0) is 37.8 Å². The van der Waals surface area contributed by atoms with Crippen molar-refractivity contribution in [1.29, 1.82) is 0 Å². The summed E-state index contributed by atoms with van der Waals surface area (Å²) in [4.78, 5) is 15.0. The zero-order chi connectivity index (χ0) is 22.1. The Morgan fingerprint density at radius 2 is 1.84 bits per heavy atom. The third-order valence-corrected chi connectivity index (χ3v) is 6.12. The molecule has 1 saturated carbocycles. The lowest BCUT2D eigenvalue weighted by molar-refractivity contribution is -0.141. The van der Waals surface area contributed by atoms with Crippen molar-refractivity contribution in [3.63, 3.8) is 0 Å². The average molecular weight is 447 g/mol. The summed E-state index contributed by atoms with van der Waals surface area (Å²) in [6, 6.07) is 5.77. The highest BCUT2D eigenvalue weighted by Gasteiger charge is 2.34. The summed E-state index contributed by atoms with van der Waals surface area (Å²) in [6.45, 7) is 2.85. The first-order chi connectivity index (χ1) is 15.5. The summed E-state index contributed by atoms with van der Waals surface area (Å²) in [6.07, 6.45) is 2.56. The lowest BCUT2D eigenvalue weighted by Gasteiger charge is -2.31. The Balaban J connectivity index is 1.30. The van der Waals surface area contributed by atoms with Crippen LogP contribution in [-0.4, -0.2) is 51.9 Å². The largest absolute Gasteiger partial charge is 0.474 e. The zero-order valence-electron chi connectivity index (χ0n) is 17.5. The number of pyridine rings is 2. The van der Waals surface area contributed by atoms with E-state index in [9.17, 15) is 13.2 Å². The van der Waals surface area contributed by atoms with Gasteiger partial charge >= 0.3 is 6.18 Å². The van der Waals surface area contributed by atoms with Crippen LogP contribution in [-0.2, 0) is 10.9 Å². The van der Waals surface area contributed by atoms with Crippen LogP contribution < -0.4 is 9.64 Å². The van der Waals surface area contributed by atoms with Crippen molar-refractivity contribution in [2.45, 2.75) is 44.0 Å². The maximum absolute atomic E-state index is 12.8. The molecule has 32 heavy (non-hydrogen) atoms. The number of nitrogens with zero attached hydrogens (tertiary/aromatic N) is 5. The topological polar surface area (TPSA) is 65.3 Å². The number of halogens is 3. The normalized spacial score (nSPS) is 22.3. The Labute approximate surface area is 183 Å². The number of fused-ring (bicyclic) bond motifs is 1. The number of ether oxygens (including phenoxy) is 2. The van der Waals surface area contributed by atoms with Crippen molar-refractivity contribution in [3.8, 4) is 5.88 Å². The fourth-order valence-corrected chi connectivity index (χ4v) is 4.38. The molecule has 7 nitrogen and oxygen atoms in total. The Kier molecular flexibility index (Phi) is 5.62. The molecular formula is C22H24F3N5O2. The van der Waals surface area contributed by atoms with Crippen LogP contribution in [0.15, 0.2) is 36.9 Å². The van der Waals surface area contributed by atoms with E-state index in [0.29, 0.717) is 19.1 Å². The van der Waals surface area contributed by atoms with E-state index in [1.54, 1.807) is 10.8 Å². The van der Waals surface area contributed by atoms with Crippen LogP contribution in [0.3, 0.4) is 0 Å². The molecule has 1 aliphatic heterocycles. The molecule has 3 aromatic rings. The molecule has 0 unspecified atom stereocenters. The predicted octanol–water partition coefficient (Wildman–Crippen LogP) is 4.24. The van der Waals surface area contributed by atoms with Crippen molar-refractivity contribution in [1.82, 2.24) is 19.5 Å². The summed E-state index contributed by atoms with van der Waals surface area (Å²) < 4.78 is 51.9. The van der Waals surface area contributed by atoms with E-state index in [1.165, 1.54) is 6.33 Å². The third kappa shape index (κ3) is 4.36. The summed E-state index contributed by atoms with van der Waals surface area (Å²) in [5.41, 5.74) is -0.0234. The van der Waals surface area contributed by atoms with E-state index in [4.69, 9.17) is 14.5 Å². The molecule has 1 saturated heterocycles. The van der Waals surface area contributed by atoms with Gasteiger partial charge in [0.25, 0.3) is 0 Å². The van der Waals surface area contributed by atoms with Crippen LogP contribution in [0.5, 0.6) is 5.88 Å². The van der Waals surface area contributed by atoms with E-state index < -0.39 is 11.9 Å². The van der Waals surface area contributed by atoms with Gasteiger partial charge < -0.3 is 18.9 Å². The second kappa shape index (κ2) is 8.57. The summed E-state index contributed by atoms with van der Waals surface area (Å²) in [5, 5.41) is 0.857. The van der Waals surface area contributed by atoms with E-state index in [-0.39, 0.29) is 12.1 Å². The highest BCUT2D eigenvalue weighted by molar-refractivity contribution is 5.85. The number of imidazole rings is 1. The molecule has 0 atom stereocenters. The lowest BCUT2D eigenvalue weighted by atomic mass is 9.93. The predicted molar refractivity (Wildman–Crippen MR) is 112 cm³/mol. The standard InChI is InChI=1S/C22H24F3N5O2/c23-22(24,25)19-13-30(14-27-19)15-3-5-16(6-4-15)32-21-17-2-1-7-26-18(17)12-20(28-21)29-8-10-31-11-9-29/h1-2,7,12-16H,3-6,8-11H2. The highest BCUT2D eigenvalue weighted by Crippen LogP contribution is 2.35. The molecule has 2 fully saturated rings. The Bertz CT molecular complexity index is 1070. The first-order valence-corrected chi connectivity index (χ1v) is 10.8. The minimum atomic E-state index is -4.42. The van der Waals surface area contributed by atoms with Gasteiger partial charge in [0, 0.05) is 37.6 Å². The number of anilines is 1. The van der Waals surface area contributed by atoms with Gasteiger partial charge in [-0.15, -0.1) is 0 Å². The Morgan fingerprint density at radius 3 is 2.56 bits per heavy atom. The maximum Gasteiger partial charge on any atom is 0.434 e. The molecule has 1 aliphatic carbocycles. The van der Waals surface area contributed by atoms with Crippen molar-refractivity contribution < 1.29 is 22.6 Å². The molecule has 170 valence electrons. The summed E-state index contributed by atoms with van der Waals surface area (Å²) in [7, 11) is 0. The molecule has 0 N–H and O–H groups in total. The van der Waals surface area contributed by atoms with Gasteiger partial charge in [0.15, 0.2) is 5.69 Å². The second-order valence-corrected chi connectivity index (χ2v) is 8.21. The van der Waals surface area contributed by atoms with Crippen molar-refractivity contribution in [2.24, 2.45) is 0 Å². The third-order valence-electron chi connectivity index (χ3n) is 6.12. The SMILES string of the molecule is FC(F)(F)c1cn(C2CCC(Oc3nc(N4CCOCC4)cc4ncccc34)CC2)cn1. The molecule has 3 aromatic heterocycles. The van der Waals surface area contributed by atoms with Gasteiger partial charge in [-0.1, -0.05) is 0 Å². The Hall–Kier alpha value is -2.88. The molecule has 0 spiro atoms. The lowest BCUT2D eigenvalue weighted by Crippen LogP contribution is -2.36. The quantitative estimate of drug-likeness (QED) is 0.596. The van der Waals surface area contributed by atoms with Gasteiger partial charge in [-0.2, -0.15) is 18.2 Å². The van der Waals surface area contributed by atoms with E-state index in [1.807, 2.05) is 18.2 Å². The minimum absolute atomic E-state index is 0.00972. The highest BCUT2D eigenvalue weighted by atomic mass is 19.4. The molecule has 10 heteroatoms. The molecule has 2 aliphatic rings. The van der Waals surface area contributed by atoms with E-state index >= 15 is 0 Å². The molecule has 0 radical (unpaired) electrons. The van der Waals surface area contributed by atoms with Crippen LogP contribution in [0, 0.1) is 0 Å². The first-order valence-electron chi connectivity index (χ1n) is 10.8. The van der Waals surface area contributed by atoms with Crippen LogP contribution in [0.2, 0.25) is 0 Å². The van der Waals surface area contributed by atoms with Crippen LogP contribution in [0.1, 0.15) is 37.4 Å². The van der Waals surface area contributed by atoms with Crippen molar-refractivity contribution in [2.75, 3.05) is 31.2 Å². The van der Waals surface area contributed by atoms with Crippen molar-refractivity contribution >= 4 is 16.7 Å². The molecular weight excluding hydrogens is 423 g/mol. The number of hydrogen-bond acceptors (Lipinski definition) is 6. The van der Waals surface area contributed by atoms with Gasteiger partial charge in [-0.25, -0.2) is 4.98 Å². The van der Waals surface area contributed by atoms with E-state index in [0.717, 1.165) is 61.7 Å². The Morgan fingerprint density at radius 1 is 1.06 bits per heavy atom. The van der Waals surface area contributed by atoms with Crippen LogP contribution in [0.25, 0.3) is 10.9 Å². The number of hydrogen-bond donors (Lipinski definition) is 0. The average Bonchev–Trinajstić information content (AvgIpc) is 3.31. The minimum Gasteiger partial charge on any atom is -0.474 e. The van der Waals surface area contributed by atoms with Crippen molar-refractivity contribution in [3.05, 3.63) is 42.6 Å². The van der Waals surface area contributed by atoms with E-state index in [2.05, 4.69) is 14.9 Å². The van der Waals surface area contributed by atoms with Gasteiger partial charge in [0.05, 0.1) is 30.4 Å². The monoisotopic (exact) mass is 447 g/mol. The fourth-order valence-electron chi connectivity index (χ4n) is 4.38. The molecule has 0 aromatic carbocycles. The number of rotatable bonds is 4. The maximum atomic E-state index is 12.8. The van der Waals surface area contributed by atoms with Crippen LogP contribution >= 0.6 is 0 Å². The van der Waals surface area contributed by atoms with Gasteiger partial charge in [0.2, 0.25) is 5.88 Å². The number of morpholine rings is 1. The number of aromatic nitrogens is 4. The molecule has 4 heterocycles. The van der Waals surface area contributed by atoms with Crippen LogP contribution in [0.4, 0.5) is 19.0 Å². The first kappa shape index (κ1) is 21.0. The number of alkyl halides is 3.